The molecule has 4 aromatic rings. The number of rotatable bonds is 5. The van der Waals surface area contributed by atoms with Gasteiger partial charge in [0.2, 0.25) is 0 Å². The third-order valence-corrected chi connectivity index (χ3v) is 6.95. The van der Waals surface area contributed by atoms with Crippen molar-refractivity contribution in [2.45, 2.75) is 38.9 Å². The van der Waals surface area contributed by atoms with Gasteiger partial charge in [-0.25, -0.2) is 9.59 Å². The van der Waals surface area contributed by atoms with E-state index in [-0.39, 0.29) is 6.03 Å². The summed E-state index contributed by atoms with van der Waals surface area (Å²) in [5, 5.41) is 18.6. The molecule has 4 amide bonds. The summed E-state index contributed by atoms with van der Waals surface area (Å²) in [5.41, 5.74) is 0.364. The molecule has 0 aliphatic carbocycles. The summed E-state index contributed by atoms with van der Waals surface area (Å²) < 4.78 is 0. The highest BCUT2D eigenvalue weighted by Crippen LogP contribution is 2.40. The second kappa shape index (κ2) is 9.17. The van der Waals surface area contributed by atoms with E-state index in [1.807, 2.05) is 99.6 Å². The van der Waals surface area contributed by atoms with Gasteiger partial charge in [0, 0.05) is 17.3 Å². The van der Waals surface area contributed by atoms with Crippen molar-refractivity contribution in [2.75, 3.05) is 16.8 Å². The Bertz CT molecular complexity index is 1440. The fourth-order valence-corrected chi connectivity index (χ4v) is 5.22. The number of anilines is 2. The number of hydroxylamine groups is 2. The summed E-state index contributed by atoms with van der Waals surface area (Å²) in [6.45, 7) is 6.26. The Morgan fingerprint density at radius 2 is 1.50 bits per heavy atom. The fraction of sp³-hybridized carbons (Fsp3) is 0.241. The maximum atomic E-state index is 13.8. The molecular formula is C29H30N4O3. The van der Waals surface area contributed by atoms with Crippen LogP contribution in [0.4, 0.5) is 21.0 Å². The van der Waals surface area contributed by atoms with Gasteiger partial charge in [-0.15, -0.1) is 0 Å². The van der Waals surface area contributed by atoms with Gasteiger partial charge in [0.05, 0.1) is 16.9 Å². The van der Waals surface area contributed by atoms with Crippen LogP contribution in [-0.2, 0) is 0 Å². The van der Waals surface area contributed by atoms with Crippen LogP contribution in [-0.4, -0.2) is 45.5 Å². The number of urea groups is 2. The quantitative estimate of drug-likeness (QED) is 0.246. The van der Waals surface area contributed by atoms with E-state index >= 15 is 0 Å². The molecule has 1 saturated heterocycles. The summed E-state index contributed by atoms with van der Waals surface area (Å²) >= 11 is 0. The Hall–Kier alpha value is -4.10. The summed E-state index contributed by atoms with van der Waals surface area (Å²) in [7, 11) is 0. The molecule has 1 aliphatic heterocycles. The maximum absolute atomic E-state index is 13.8. The molecule has 1 unspecified atom stereocenters. The molecule has 0 saturated carbocycles. The number of carbonyl (C=O) groups excluding carboxylic acids is 2. The van der Waals surface area contributed by atoms with E-state index in [2.05, 4.69) is 5.32 Å². The molecule has 0 bridgehead atoms. The topological polar surface area (TPSA) is 76.1 Å². The second-order valence-corrected chi connectivity index (χ2v) is 9.63. The molecule has 36 heavy (non-hydrogen) atoms. The second-order valence-electron chi connectivity index (χ2n) is 9.63. The van der Waals surface area contributed by atoms with Crippen molar-refractivity contribution in [2.24, 2.45) is 0 Å². The number of hydrogen-bond acceptors (Lipinski definition) is 3. The number of nitrogens with one attached hydrogen (secondary N) is 1. The third-order valence-electron chi connectivity index (χ3n) is 6.95. The molecule has 0 aromatic heterocycles. The predicted octanol–water partition coefficient (Wildman–Crippen LogP) is 6.67. The van der Waals surface area contributed by atoms with Crippen LogP contribution in [0.1, 0.15) is 27.2 Å². The Labute approximate surface area is 210 Å². The minimum Gasteiger partial charge on any atom is -0.315 e. The van der Waals surface area contributed by atoms with Crippen LogP contribution in [0.5, 0.6) is 0 Å². The summed E-state index contributed by atoms with van der Waals surface area (Å²) in [5.74, 6) is 0. The van der Waals surface area contributed by atoms with Gasteiger partial charge in [-0.1, -0.05) is 79.7 Å². The lowest BCUT2D eigenvalue weighted by molar-refractivity contribution is -0.0947. The summed E-state index contributed by atoms with van der Waals surface area (Å²) in [6.07, 6.45) is -0.212. The first kappa shape index (κ1) is 23.6. The zero-order chi connectivity index (χ0) is 25.4. The van der Waals surface area contributed by atoms with Crippen molar-refractivity contribution in [3.05, 3.63) is 84.9 Å². The van der Waals surface area contributed by atoms with Crippen molar-refractivity contribution in [1.29, 1.82) is 0 Å². The predicted molar refractivity (Wildman–Crippen MR) is 143 cm³/mol. The van der Waals surface area contributed by atoms with Crippen LogP contribution in [0.3, 0.4) is 0 Å². The lowest BCUT2D eigenvalue weighted by atomic mass is 9.99. The first-order valence-corrected chi connectivity index (χ1v) is 12.2. The van der Waals surface area contributed by atoms with E-state index in [9.17, 15) is 14.8 Å². The molecule has 184 valence electrons. The first-order valence-electron chi connectivity index (χ1n) is 12.2. The van der Waals surface area contributed by atoms with Gasteiger partial charge in [0.25, 0.3) is 0 Å². The molecular weight excluding hydrogens is 452 g/mol. The zero-order valence-electron chi connectivity index (χ0n) is 20.7. The van der Waals surface area contributed by atoms with E-state index < -0.39 is 17.7 Å². The van der Waals surface area contributed by atoms with Gasteiger partial charge in [-0.2, -0.15) is 5.06 Å². The van der Waals surface area contributed by atoms with Gasteiger partial charge < -0.3 is 10.2 Å². The molecule has 1 heterocycles. The van der Waals surface area contributed by atoms with Crippen LogP contribution in [0.25, 0.3) is 21.5 Å². The number of carbonyl (C=O) groups is 2. The van der Waals surface area contributed by atoms with Gasteiger partial charge in [0.1, 0.15) is 0 Å². The number of hydrogen-bond donors (Lipinski definition) is 2. The van der Waals surface area contributed by atoms with Crippen LogP contribution < -0.4 is 10.2 Å². The van der Waals surface area contributed by atoms with Gasteiger partial charge in [0.15, 0.2) is 6.17 Å². The average molecular weight is 483 g/mol. The highest BCUT2D eigenvalue weighted by Gasteiger charge is 2.56. The molecule has 1 fully saturated rings. The molecule has 4 aromatic carbocycles. The highest BCUT2D eigenvalue weighted by molar-refractivity contribution is 6.06. The monoisotopic (exact) mass is 482 g/mol. The molecule has 1 atom stereocenters. The first-order chi connectivity index (χ1) is 17.3. The minimum atomic E-state index is -0.961. The lowest BCUT2D eigenvalue weighted by Gasteiger charge is -2.38. The minimum absolute atomic E-state index is 0.250. The molecule has 0 radical (unpaired) electrons. The Morgan fingerprint density at radius 3 is 2.19 bits per heavy atom. The third kappa shape index (κ3) is 3.82. The molecule has 7 nitrogen and oxygen atoms in total. The van der Waals surface area contributed by atoms with E-state index in [4.69, 9.17) is 0 Å². The maximum Gasteiger partial charge on any atom is 0.347 e. The molecule has 7 heteroatoms. The van der Waals surface area contributed by atoms with Crippen molar-refractivity contribution in [3.63, 3.8) is 0 Å². The van der Waals surface area contributed by atoms with Crippen molar-refractivity contribution in [1.82, 2.24) is 9.96 Å². The van der Waals surface area contributed by atoms with Crippen molar-refractivity contribution in [3.8, 4) is 0 Å². The Morgan fingerprint density at radius 1 is 0.917 bits per heavy atom. The van der Waals surface area contributed by atoms with Crippen molar-refractivity contribution >= 4 is 45.0 Å². The zero-order valence-corrected chi connectivity index (χ0v) is 20.7. The van der Waals surface area contributed by atoms with E-state index in [0.717, 1.165) is 28.0 Å². The normalized spacial score (nSPS) is 17.1. The highest BCUT2D eigenvalue weighted by atomic mass is 16.5. The fourth-order valence-electron chi connectivity index (χ4n) is 5.22. The van der Waals surface area contributed by atoms with E-state index in [1.165, 1.54) is 0 Å². The van der Waals surface area contributed by atoms with Gasteiger partial charge in [-0.3, -0.25) is 10.1 Å². The molecule has 0 spiro atoms. The molecule has 1 aliphatic rings. The van der Waals surface area contributed by atoms with Crippen LogP contribution in [0, 0.1) is 0 Å². The summed E-state index contributed by atoms with van der Waals surface area (Å²) in [6, 6.07) is 25.9. The van der Waals surface area contributed by atoms with Crippen LogP contribution >= 0.6 is 0 Å². The Kier molecular flexibility index (Phi) is 6.02. The van der Waals surface area contributed by atoms with Gasteiger partial charge >= 0.3 is 12.1 Å². The van der Waals surface area contributed by atoms with Gasteiger partial charge in [-0.05, 0) is 43.2 Å². The van der Waals surface area contributed by atoms with Crippen molar-refractivity contribution < 1.29 is 14.8 Å². The van der Waals surface area contributed by atoms with E-state index in [1.54, 1.807) is 15.9 Å². The Balaban J connectivity index is 1.57. The number of fused-ring (bicyclic) bond motifs is 2. The largest absolute Gasteiger partial charge is 0.347 e. The van der Waals surface area contributed by atoms with Crippen LogP contribution in [0.15, 0.2) is 84.9 Å². The standard InChI is InChI=1S/C29H30N4O3/c1-4-19-31-28(35)32(25-18-10-14-21-12-6-8-16-23(21)25)26(29(31,2)3)33(36)27(34)30-24-17-9-13-20-11-5-7-15-22(20)24/h5-18,26,36H,4,19H2,1-3H3,(H,30,34). The average Bonchev–Trinajstić information content (AvgIpc) is 3.08. The SMILES string of the molecule is CCCN1C(=O)N(c2cccc3ccccc23)C(N(O)C(=O)Nc2cccc3ccccc23)C1(C)C. The summed E-state index contributed by atoms with van der Waals surface area (Å²) in [4.78, 5) is 30.5. The van der Waals surface area contributed by atoms with Crippen LogP contribution in [0.2, 0.25) is 0 Å². The smallest absolute Gasteiger partial charge is 0.315 e. The number of benzene rings is 4. The lowest BCUT2D eigenvalue weighted by Crippen LogP contribution is -2.58. The number of nitrogens with zero attached hydrogens (tertiary/aromatic N) is 3. The van der Waals surface area contributed by atoms with E-state index in [0.29, 0.717) is 23.0 Å². The molecule has 5 rings (SSSR count). The number of amides is 4. The molecule has 2 N–H and O–H groups in total.